The lowest BCUT2D eigenvalue weighted by Gasteiger charge is -2.00. The maximum absolute atomic E-state index is 11.8. The van der Waals surface area contributed by atoms with Crippen molar-refractivity contribution >= 4 is 22.4 Å². The van der Waals surface area contributed by atoms with E-state index in [0.717, 1.165) is 0 Å². The molecule has 0 unspecified atom stereocenters. The molecule has 17 heavy (non-hydrogen) atoms. The van der Waals surface area contributed by atoms with Crippen molar-refractivity contribution in [3.05, 3.63) is 46.5 Å². The molecule has 1 aromatic heterocycles. The number of aromatic nitrogens is 1. The molecule has 0 saturated carbocycles. The van der Waals surface area contributed by atoms with Gasteiger partial charge in [0, 0.05) is 5.56 Å². The van der Waals surface area contributed by atoms with E-state index in [1.165, 1.54) is 11.3 Å². The molecule has 0 radical (unpaired) electrons. The molecule has 0 aliphatic carbocycles. The lowest BCUT2D eigenvalue weighted by Crippen LogP contribution is -2.11. The fourth-order valence-corrected chi connectivity index (χ4v) is 2.07. The van der Waals surface area contributed by atoms with Crippen LogP contribution in [-0.2, 0) is 0 Å². The molecule has 1 aromatic carbocycles. The molecule has 84 valence electrons. The summed E-state index contributed by atoms with van der Waals surface area (Å²) < 4.78 is 0. The number of anilines is 1. The normalized spacial score (nSPS) is 9.65. The number of thiazole rings is 1. The highest BCUT2D eigenvalue weighted by molar-refractivity contribution is 7.16. The van der Waals surface area contributed by atoms with Gasteiger partial charge in [-0.2, -0.15) is 5.26 Å². The van der Waals surface area contributed by atoms with Gasteiger partial charge >= 0.3 is 0 Å². The van der Waals surface area contributed by atoms with Crippen LogP contribution in [0.3, 0.4) is 0 Å². The number of hydrogen-bond donors (Lipinski definition) is 1. The van der Waals surface area contributed by atoms with Gasteiger partial charge in [-0.15, -0.1) is 0 Å². The highest BCUT2D eigenvalue weighted by Crippen LogP contribution is 2.21. The maximum atomic E-state index is 11.8. The molecule has 0 aliphatic heterocycles. The van der Waals surface area contributed by atoms with E-state index in [2.05, 4.69) is 10.3 Å². The molecule has 0 aliphatic rings. The van der Waals surface area contributed by atoms with Crippen molar-refractivity contribution in [1.82, 2.24) is 4.98 Å². The number of amides is 1. The van der Waals surface area contributed by atoms with Crippen LogP contribution in [0.25, 0.3) is 0 Å². The van der Waals surface area contributed by atoms with E-state index in [0.29, 0.717) is 21.3 Å². The van der Waals surface area contributed by atoms with Gasteiger partial charge in [0.1, 0.15) is 10.9 Å². The zero-order chi connectivity index (χ0) is 12.3. The van der Waals surface area contributed by atoms with Gasteiger partial charge in [-0.1, -0.05) is 29.5 Å². The average Bonchev–Trinajstić information content (AvgIpc) is 2.70. The van der Waals surface area contributed by atoms with Gasteiger partial charge in [0.25, 0.3) is 5.91 Å². The number of aryl methyl sites for hydroxylation is 1. The summed E-state index contributed by atoms with van der Waals surface area (Å²) in [7, 11) is 0. The van der Waals surface area contributed by atoms with Gasteiger partial charge < -0.3 is 0 Å². The van der Waals surface area contributed by atoms with Gasteiger partial charge in [0.2, 0.25) is 0 Å². The second-order valence-electron chi connectivity index (χ2n) is 3.37. The third kappa shape index (κ3) is 2.49. The molecular weight excluding hydrogens is 234 g/mol. The van der Waals surface area contributed by atoms with Crippen molar-refractivity contribution in [1.29, 1.82) is 5.26 Å². The van der Waals surface area contributed by atoms with Crippen LogP contribution in [-0.4, -0.2) is 10.9 Å². The smallest absolute Gasteiger partial charge is 0.257 e. The molecule has 1 heterocycles. The third-order valence-corrected chi connectivity index (χ3v) is 3.13. The van der Waals surface area contributed by atoms with E-state index in [9.17, 15) is 4.79 Å². The zero-order valence-corrected chi connectivity index (χ0v) is 9.91. The van der Waals surface area contributed by atoms with Crippen LogP contribution in [0.15, 0.2) is 30.3 Å². The van der Waals surface area contributed by atoms with Gasteiger partial charge in [0.05, 0.1) is 5.69 Å². The van der Waals surface area contributed by atoms with Gasteiger partial charge in [-0.3, -0.25) is 10.1 Å². The maximum Gasteiger partial charge on any atom is 0.257 e. The van der Waals surface area contributed by atoms with E-state index in [1.807, 2.05) is 12.1 Å². The molecule has 0 fully saturated rings. The number of carbonyl (C=O) groups excluding carboxylic acids is 1. The van der Waals surface area contributed by atoms with Crippen LogP contribution in [0.5, 0.6) is 0 Å². The number of hydrogen-bond acceptors (Lipinski definition) is 4. The molecule has 0 bridgehead atoms. The van der Waals surface area contributed by atoms with Crippen molar-refractivity contribution in [2.75, 3.05) is 5.32 Å². The number of benzene rings is 1. The molecule has 1 amide bonds. The van der Waals surface area contributed by atoms with Crippen molar-refractivity contribution in [2.24, 2.45) is 0 Å². The first-order valence-electron chi connectivity index (χ1n) is 4.94. The largest absolute Gasteiger partial charge is 0.298 e. The van der Waals surface area contributed by atoms with Crippen LogP contribution in [0.4, 0.5) is 5.13 Å². The van der Waals surface area contributed by atoms with Gasteiger partial charge in [-0.05, 0) is 19.1 Å². The van der Waals surface area contributed by atoms with Crippen molar-refractivity contribution in [3.8, 4) is 6.07 Å². The Balaban J connectivity index is 2.17. The quantitative estimate of drug-likeness (QED) is 0.881. The van der Waals surface area contributed by atoms with E-state index in [1.54, 1.807) is 31.2 Å². The average molecular weight is 243 g/mol. The highest BCUT2D eigenvalue weighted by Gasteiger charge is 2.10. The first-order valence-corrected chi connectivity index (χ1v) is 5.76. The topological polar surface area (TPSA) is 65.8 Å². The Morgan fingerprint density at radius 2 is 2.12 bits per heavy atom. The lowest BCUT2D eigenvalue weighted by molar-refractivity contribution is 0.102. The molecule has 5 heteroatoms. The van der Waals surface area contributed by atoms with Crippen molar-refractivity contribution in [3.63, 3.8) is 0 Å². The van der Waals surface area contributed by atoms with E-state index in [-0.39, 0.29) is 5.91 Å². The summed E-state index contributed by atoms with van der Waals surface area (Å²) in [5.74, 6) is -0.219. The second-order valence-corrected chi connectivity index (χ2v) is 4.36. The predicted octanol–water partition coefficient (Wildman–Crippen LogP) is 2.58. The number of carbonyl (C=O) groups is 1. The molecule has 2 aromatic rings. The Hall–Kier alpha value is -2.19. The van der Waals surface area contributed by atoms with E-state index < -0.39 is 0 Å². The van der Waals surface area contributed by atoms with Crippen LogP contribution in [0.2, 0.25) is 0 Å². The molecule has 1 N–H and O–H groups in total. The minimum absolute atomic E-state index is 0.219. The third-order valence-electron chi connectivity index (χ3n) is 2.15. The predicted molar refractivity (Wildman–Crippen MR) is 66.0 cm³/mol. The Kier molecular flexibility index (Phi) is 3.17. The molecule has 4 nitrogen and oxygen atoms in total. The van der Waals surface area contributed by atoms with Gasteiger partial charge in [-0.25, -0.2) is 4.98 Å². The lowest BCUT2D eigenvalue weighted by atomic mass is 10.2. The summed E-state index contributed by atoms with van der Waals surface area (Å²) in [6, 6.07) is 10.9. The molecular formula is C12H9N3OS. The molecule has 0 spiro atoms. The zero-order valence-electron chi connectivity index (χ0n) is 9.10. The molecule has 0 atom stereocenters. The summed E-state index contributed by atoms with van der Waals surface area (Å²) in [5, 5.41) is 11.9. The fourth-order valence-electron chi connectivity index (χ4n) is 1.31. The Morgan fingerprint density at radius 3 is 2.71 bits per heavy atom. The summed E-state index contributed by atoms with van der Waals surface area (Å²) in [6.07, 6.45) is 0. The SMILES string of the molecule is Cc1nc(NC(=O)c2ccccc2)sc1C#N. The van der Waals surface area contributed by atoms with Crippen LogP contribution in [0, 0.1) is 18.3 Å². The van der Waals surface area contributed by atoms with Gasteiger partial charge in [0.15, 0.2) is 5.13 Å². The van der Waals surface area contributed by atoms with Crippen LogP contribution >= 0.6 is 11.3 Å². The Morgan fingerprint density at radius 1 is 1.41 bits per heavy atom. The number of nitrogens with zero attached hydrogens (tertiary/aromatic N) is 2. The van der Waals surface area contributed by atoms with E-state index in [4.69, 9.17) is 5.26 Å². The second kappa shape index (κ2) is 4.76. The monoisotopic (exact) mass is 243 g/mol. The van der Waals surface area contributed by atoms with Crippen LogP contribution in [0.1, 0.15) is 20.9 Å². The number of rotatable bonds is 2. The highest BCUT2D eigenvalue weighted by atomic mass is 32.1. The standard InChI is InChI=1S/C12H9N3OS/c1-8-10(7-13)17-12(14-8)15-11(16)9-5-3-2-4-6-9/h2-6H,1H3,(H,14,15,16). The Labute approximate surface area is 103 Å². The van der Waals surface area contributed by atoms with Crippen molar-refractivity contribution < 1.29 is 4.79 Å². The number of nitrogens with one attached hydrogen (secondary N) is 1. The molecule has 2 rings (SSSR count). The fraction of sp³-hybridized carbons (Fsp3) is 0.0833. The summed E-state index contributed by atoms with van der Waals surface area (Å²) in [6.45, 7) is 1.74. The number of nitriles is 1. The van der Waals surface area contributed by atoms with Crippen molar-refractivity contribution in [2.45, 2.75) is 6.92 Å². The first-order chi connectivity index (χ1) is 8.20. The summed E-state index contributed by atoms with van der Waals surface area (Å²) in [5.41, 5.74) is 1.21. The summed E-state index contributed by atoms with van der Waals surface area (Å²) in [4.78, 5) is 16.4. The Bertz CT molecular complexity index is 584. The summed E-state index contributed by atoms with van der Waals surface area (Å²) >= 11 is 1.18. The van der Waals surface area contributed by atoms with Crippen LogP contribution < -0.4 is 5.32 Å². The molecule has 0 saturated heterocycles. The first kappa shape index (κ1) is 11.3. The minimum Gasteiger partial charge on any atom is -0.298 e. The minimum atomic E-state index is -0.219. The van der Waals surface area contributed by atoms with E-state index >= 15 is 0 Å².